The Balaban J connectivity index is 1.77. The van der Waals surface area contributed by atoms with Crippen molar-refractivity contribution in [2.75, 3.05) is 18.0 Å². The quantitative estimate of drug-likeness (QED) is 0.622. The van der Waals surface area contributed by atoms with Crippen molar-refractivity contribution in [2.24, 2.45) is 10.6 Å². The molecule has 0 amide bonds. The van der Waals surface area contributed by atoms with Crippen LogP contribution in [0.15, 0.2) is 70.9 Å². The predicted octanol–water partition coefficient (Wildman–Crippen LogP) is 3.66. The van der Waals surface area contributed by atoms with E-state index in [1.165, 1.54) is 0 Å². The summed E-state index contributed by atoms with van der Waals surface area (Å²) < 4.78 is 1.70. The van der Waals surface area contributed by atoms with E-state index in [1.807, 2.05) is 47.4 Å². The van der Waals surface area contributed by atoms with Crippen molar-refractivity contribution in [3.8, 4) is 11.3 Å². The number of nitrogens with zero attached hydrogens (tertiary/aromatic N) is 5. The van der Waals surface area contributed by atoms with Crippen LogP contribution in [0.1, 0.15) is 25.5 Å². The van der Waals surface area contributed by atoms with Crippen molar-refractivity contribution in [1.29, 1.82) is 0 Å². The van der Waals surface area contributed by atoms with Crippen LogP contribution < -0.4 is 10.5 Å². The topological polar surface area (TPSA) is 80.5 Å². The number of hydrogen-bond donors (Lipinski definition) is 0. The Morgan fingerprint density at radius 3 is 2.52 bits per heavy atom. The second-order valence-corrected chi connectivity index (χ2v) is 8.18. The molecule has 0 spiro atoms. The highest BCUT2D eigenvalue weighted by atomic mass is 16.3. The minimum Gasteiger partial charge on any atom is -0.339 e. The van der Waals surface area contributed by atoms with Gasteiger partial charge in [0.15, 0.2) is 0 Å². The molecule has 4 rings (SSSR count). The zero-order valence-corrected chi connectivity index (χ0v) is 16.5. The maximum Gasteiger partial charge on any atom is 0.255 e. The fraction of sp³-hybridized carbons (Fsp3) is 0.318. The van der Waals surface area contributed by atoms with Gasteiger partial charge in [-0.2, -0.15) is 4.91 Å². The average molecular weight is 389 g/mol. The van der Waals surface area contributed by atoms with Crippen LogP contribution in [-0.4, -0.2) is 27.6 Å². The van der Waals surface area contributed by atoms with Gasteiger partial charge in [0, 0.05) is 42.5 Å². The molecule has 3 heterocycles. The number of anilines is 1. The number of aromatic nitrogens is 3. The van der Waals surface area contributed by atoms with Gasteiger partial charge in [0.25, 0.3) is 5.56 Å². The molecular formula is C22H23N5O2. The molecule has 3 aromatic rings. The molecule has 0 aliphatic carbocycles. The molecule has 0 fully saturated rings. The van der Waals surface area contributed by atoms with E-state index in [0.717, 1.165) is 11.1 Å². The molecule has 0 radical (unpaired) electrons. The normalized spacial score (nSPS) is 16.1. The minimum atomic E-state index is -0.542. The SMILES string of the molecule is CC1(C)CN(CC(N=O)c2ccccc2)c2nc(-c3ccncc3)cc(=O)n2C1. The third kappa shape index (κ3) is 3.94. The fourth-order valence-electron chi connectivity index (χ4n) is 3.85. The summed E-state index contributed by atoms with van der Waals surface area (Å²) in [6.45, 7) is 5.84. The molecule has 1 aliphatic rings. The summed E-state index contributed by atoms with van der Waals surface area (Å²) in [5.74, 6) is 0.577. The number of fused-ring (bicyclic) bond motifs is 1. The van der Waals surface area contributed by atoms with Crippen molar-refractivity contribution >= 4 is 5.95 Å². The van der Waals surface area contributed by atoms with Crippen molar-refractivity contribution in [3.63, 3.8) is 0 Å². The monoisotopic (exact) mass is 389 g/mol. The van der Waals surface area contributed by atoms with Gasteiger partial charge in [-0.1, -0.05) is 49.4 Å². The van der Waals surface area contributed by atoms with Crippen LogP contribution in [0.4, 0.5) is 5.95 Å². The van der Waals surface area contributed by atoms with E-state index in [-0.39, 0.29) is 11.0 Å². The molecular weight excluding hydrogens is 366 g/mol. The first-order valence-corrected chi connectivity index (χ1v) is 9.61. The Morgan fingerprint density at radius 2 is 1.83 bits per heavy atom. The summed E-state index contributed by atoms with van der Waals surface area (Å²) in [4.78, 5) is 35.4. The molecule has 0 N–H and O–H groups in total. The highest BCUT2D eigenvalue weighted by molar-refractivity contribution is 5.59. The average Bonchev–Trinajstić information content (AvgIpc) is 2.73. The van der Waals surface area contributed by atoms with Crippen LogP contribution >= 0.6 is 0 Å². The third-order valence-corrected chi connectivity index (χ3v) is 5.16. The third-order valence-electron chi connectivity index (χ3n) is 5.16. The summed E-state index contributed by atoms with van der Waals surface area (Å²) in [7, 11) is 0. The Labute approximate surface area is 169 Å². The van der Waals surface area contributed by atoms with E-state index in [0.29, 0.717) is 31.3 Å². The number of pyridine rings is 1. The summed E-state index contributed by atoms with van der Waals surface area (Å²) >= 11 is 0. The van der Waals surface area contributed by atoms with Crippen LogP contribution in [0.3, 0.4) is 0 Å². The zero-order valence-electron chi connectivity index (χ0n) is 16.5. The lowest BCUT2D eigenvalue weighted by Gasteiger charge is -2.41. The van der Waals surface area contributed by atoms with Crippen LogP contribution in [0.25, 0.3) is 11.3 Å². The van der Waals surface area contributed by atoms with Gasteiger partial charge in [-0.25, -0.2) is 4.98 Å². The van der Waals surface area contributed by atoms with Crippen molar-refractivity contribution in [3.05, 3.63) is 81.7 Å². The van der Waals surface area contributed by atoms with Gasteiger partial charge < -0.3 is 4.90 Å². The first kappa shape index (κ1) is 19.0. The molecule has 2 aromatic heterocycles. The number of rotatable bonds is 5. The lowest BCUT2D eigenvalue weighted by Crippen LogP contribution is -2.48. The van der Waals surface area contributed by atoms with Gasteiger partial charge in [0.05, 0.1) is 12.2 Å². The molecule has 0 saturated carbocycles. The Morgan fingerprint density at radius 1 is 1.10 bits per heavy atom. The Bertz CT molecular complexity index is 1060. The Hall–Kier alpha value is -3.35. The van der Waals surface area contributed by atoms with E-state index in [2.05, 4.69) is 24.0 Å². The number of benzene rings is 1. The number of hydrogen-bond acceptors (Lipinski definition) is 6. The maximum absolute atomic E-state index is 12.9. The van der Waals surface area contributed by atoms with E-state index in [9.17, 15) is 9.70 Å². The molecule has 7 heteroatoms. The van der Waals surface area contributed by atoms with E-state index in [1.54, 1.807) is 23.0 Å². The summed E-state index contributed by atoms with van der Waals surface area (Å²) in [6, 6.07) is 14.2. The van der Waals surface area contributed by atoms with Gasteiger partial charge in [0.1, 0.15) is 6.04 Å². The second-order valence-electron chi connectivity index (χ2n) is 8.18. The number of nitroso groups, excluding NO2 is 1. The first-order valence-electron chi connectivity index (χ1n) is 9.61. The summed E-state index contributed by atoms with van der Waals surface area (Å²) in [5.41, 5.74) is 2.04. The van der Waals surface area contributed by atoms with Gasteiger partial charge in [0.2, 0.25) is 5.95 Å². The van der Waals surface area contributed by atoms with E-state index < -0.39 is 6.04 Å². The first-order chi connectivity index (χ1) is 14.0. The maximum atomic E-state index is 12.9. The van der Waals surface area contributed by atoms with Crippen molar-refractivity contribution in [1.82, 2.24) is 14.5 Å². The molecule has 0 bridgehead atoms. The molecule has 148 valence electrons. The second kappa shape index (κ2) is 7.58. The highest BCUT2D eigenvalue weighted by Crippen LogP contribution is 2.32. The molecule has 1 aromatic carbocycles. The smallest absolute Gasteiger partial charge is 0.255 e. The largest absolute Gasteiger partial charge is 0.339 e. The van der Waals surface area contributed by atoms with Gasteiger partial charge in [-0.3, -0.25) is 14.3 Å². The molecule has 1 atom stereocenters. The van der Waals surface area contributed by atoms with Gasteiger partial charge in [-0.15, -0.1) is 0 Å². The van der Waals surface area contributed by atoms with Crippen LogP contribution in [0, 0.1) is 10.3 Å². The van der Waals surface area contributed by atoms with Gasteiger partial charge >= 0.3 is 0 Å². The standard InChI is InChI=1S/C22H23N5O2/c1-22(2)14-26(13-19(25-29)16-6-4-3-5-7-16)21-24-18(12-20(28)27(21)15-22)17-8-10-23-11-9-17/h3-12,19H,13-15H2,1-2H3. The van der Waals surface area contributed by atoms with Crippen molar-refractivity contribution < 1.29 is 0 Å². The van der Waals surface area contributed by atoms with Crippen LogP contribution in [0.5, 0.6) is 0 Å². The van der Waals surface area contributed by atoms with Crippen LogP contribution in [0.2, 0.25) is 0 Å². The van der Waals surface area contributed by atoms with E-state index >= 15 is 0 Å². The zero-order chi connectivity index (χ0) is 20.4. The predicted molar refractivity (Wildman–Crippen MR) is 113 cm³/mol. The molecule has 0 saturated heterocycles. The summed E-state index contributed by atoms with van der Waals surface area (Å²) in [5, 5.41) is 3.36. The highest BCUT2D eigenvalue weighted by Gasteiger charge is 2.34. The molecule has 7 nitrogen and oxygen atoms in total. The summed E-state index contributed by atoms with van der Waals surface area (Å²) in [6.07, 6.45) is 3.35. The van der Waals surface area contributed by atoms with Crippen molar-refractivity contribution in [2.45, 2.75) is 26.4 Å². The van der Waals surface area contributed by atoms with Gasteiger partial charge in [-0.05, 0) is 17.7 Å². The van der Waals surface area contributed by atoms with E-state index in [4.69, 9.17) is 4.98 Å². The molecule has 1 aliphatic heterocycles. The molecule has 29 heavy (non-hydrogen) atoms. The lowest BCUT2D eigenvalue weighted by molar-refractivity contribution is 0.272. The Kier molecular flexibility index (Phi) is 4.96. The molecule has 1 unspecified atom stereocenters. The minimum absolute atomic E-state index is 0.102. The fourth-order valence-corrected chi connectivity index (χ4v) is 3.85. The van der Waals surface area contributed by atoms with Crippen LogP contribution in [-0.2, 0) is 6.54 Å². The lowest BCUT2D eigenvalue weighted by atomic mass is 9.90.